The standard InChI is InChI=1S/C12H23NO3/c1-15-8-11(9-2-3-9)13-6-12(14)10-4-5-16-7-10/h9-14H,2-8H2,1H3. The fraction of sp³-hybridized carbons (Fsp3) is 1.00. The fourth-order valence-electron chi connectivity index (χ4n) is 2.33. The predicted molar refractivity (Wildman–Crippen MR) is 61.3 cm³/mol. The van der Waals surface area contributed by atoms with Crippen LogP contribution in [0.5, 0.6) is 0 Å². The van der Waals surface area contributed by atoms with Crippen molar-refractivity contribution in [3.05, 3.63) is 0 Å². The molecule has 0 bridgehead atoms. The van der Waals surface area contributed by atoms with Crippen molar-refractivity contribution >= 4 is 0 Å². The minimum Gasteiger partial charge on any atom is -0.391 e. The highest BCUT2D eigenvalue weighted by Gasteiger charge is 2.32. The van der Waals surface area contributed by atoms with E-state index in [-0.39, 0.29) is 6.10 Å². The molecule has 1 heterocycles. The fourth-order valence-corrected chi connectivity index (χ4v) is 2.33. The summed E-state index contributed by atoms with van der Waals surface area (Å²) in [6.07, 6.45) is 3.30. The lowest BCUT2D eigenvalue weighted by molar-refractivity contribution is 0.0807. The monoisotopic (exact) mass is 229 g/mol. The van der Waals surface area contributed by atoms with Crippen molar-refractivity contribution in [2.75, 3.05) is 33.5 Å². The number of nitrogens with one attached hydrogen (secondary N) is 1. The second-order valence-electron chi connectivity index (χ2n) is 5.00. The molecule has 0 aromatic carbocycles. The van der Waals surface area contributed by atoms with Gasteiger partial charge in [-0.2, -0.15) is 0 Å². The van der Waals surface area contributed by atoms with Crippen LogP contribution in [-0.4, -0.2) is 50.7 Å². The molecule has 0 amide bonds. The summed E-state index contributed by atoms with van der Waals surface area (Å²) in [5, 5.41) is 13.4. The average Bonchev–Trinajstić information content (AvgIpc) is 2.98. The minimum absolute atomic E-state index is 0.277. The maximum atomic E-state index is 9.98. The van der Waals surface area contributed by atoms with Crippen LogP contribution in [0.2, 0.25) is 0 Å². The Labute approximate surface area is 97.3 Å². The lowest BCUT2D eigenvalue weighted by atomic mass is 10.0. The Balaban J connectivity index is 1.67. The van der Waals surface area contributed by atoms with Gasteiger partial charge < -0.3 is 19.9 Å². The molecular formula is C12H23NO3. The number of ether oxygens (including phenoxy) is 2. The zero-order valence-corrected chi connectivity index (χ0v) is 10.0. The van der Waals surface area contributed by atoms with Crippen LogP contribution in [0.15, 0.2) is 0 Å². The second-order valence-corrected chi connectivity index (χ2v) is 5.00. The van der Waals surface area contributed by atoms with E-state index in [1.807, 2.05) is 0 Å². The first-order valence-electron chi connectivity index (χ1n) is 6.29. The van der Waals surface area contributed by atoms with Crippen molar-refractivity contribution in [1.82, 2.24) is 5.32 Å². The number of aliphatic hydroxyl groups is 1. The van der Waals surface area contributed by atoms with Crippen LogP contribution in [0.1, 0.15) is 19.3 Å². The van der Waals surface area contributed by atoms with Gasteiger partial charge in [0.15, 0.2) is 0 Å². The Morgan fingerprint density at radius 2 is 2.19 bits per heavy atom. The molecule has 0 radical (unpaired) electrons. The van der Waals surface area contributed by atoms with Crippen LogP contribution in [0.3, 0.4) is 0 Å². The van der Waals surface area contributed by atoms with Crippen molar-refractivity contribution in [2.24, 2.45) is 11.8 Å². The third kappa shape index (κ3) is 3.42. The van der Waals surface area contributed by atoms with Gasteiger partial charge in [-0.05, 0) is 25.2 Å². The molecule has 1 saturated heterocycles. The largest absolute Gasteiger partial charge is 0.391 e. The maximum Gasteiger partial charge on any atom is 0.0715 e. The van der Waals surface area contributed by atoms with E-state index in [0.29, 0.717) is 25.1 Å². The SMILES string of the molecule is COCC(NCC(O)C1CCOC1)C1CC1. The minimum atomic E-state index is -0.277. The third-order valence-corrected chi connectivity index (χ3v) is 3.64. The summed E-state index contributed by atoms with van der Waals surface area (Å²) in [7, 11) is 1.73. The second kappa shape index (κ2) is 5.96. The van der Waals surface area contributed by atoms with Crippen LogP contribution >= 0.6 is 0 Å². The topological polar surface area (TPSA) is 50.7 Å². The van der Waals surface area contributed by atoms with Crippen molar-refractivity contribution in [1.29, 1.82) is 0 Å². The molecule has 94 valence electrons. The molecule has 2 rings (SSSR count). The number of aliphatic hydroxyl groups excluding tert-OH is 1. The first kappa shape index (κ1) is 12.3. The Bertz CT molecular complexity index is 202. The van der Waals surface area contributed by atoms with Crippen molar-refractivity contribution in [3.8, 4) is 0 Å². The quantitative estimate of drug-likeness (QED) is 0.663. The molecule has 0 spiro atoms. The van der Waals surface area contributed by atoms with E-state index in [0.717, 1.165) is 25.6 Å². The van der Waals surface area contributed by atoms with Crippen LogP contribution in [-0.2, 0) is 9.47 Å². The highest BCUT2D eigenvalue weighted by molar-refractivity contribution is 4.87. The van der Waals surface area contributed by atoms with E-state index in [2.05, 4.69) is 5.32 Å². The molecule has 1 aliphatic heterocycles. The summed E-state index contributed by atoms with van der Waals surface area (Å²) in [6, 6.07) is 0.418. The van der Waals surface area contributed by atoms with Crippen LogP contribution in [0.4, 0.5) is 0 Å². The summed E-state index contributed by atoms with van der Waals surface area (Å²) in [4.78, 5) is 0. The Hall–Kier alpha value is -0.160. The van der Waals surface area contributed by atoms with E-state index >= 15 is 0 Å². The summed E-state index contributed by atoms with van der Waals surface area (Å²) in [5.41, 5.74) is 0. The first-order valence-corrected chi connectivity index (χ1v) is 6.29. The Morgan fingerprint density at radius 1 is 1.38 bits per heavy atom. The Morgan fingerprint density at radius 3 is 2.75 bits per heavy atom. The molecular weight excluding hydrogens is 206 g/mol. The molecule has 1 aliphatic carbocycles. The maximum absolute atomic E-state index is 9.98. The van der Waals surface area contributed by atoms with Gasteiger partial charge in [-0.15, -0.1) is 0 Å². The van der Waals surface area contributed by atoms with Gasteiger partial charge in [-0.25, -0.2) is 0 Å². The number of hydrogen-bond donors (Lipinski definition) is 2. The molecule has 4 nitrogen and oxygen atoms in total. The van der Waals surface area contributed by atoms with Crippen LogP contribution < -0.4 is 5.32 Å². The molecule has 4 heteroatoms. The van der Waals surface area contributed by atoms with Gasteiger partial charge in [0.25, 0.3) is 0 Å². The van der Waals surface area contributed by atoms with Crippen LogP contribution in [0, 0.1) is 11.8 Å². The normalized spacial score (nSPS) is 29.2. The number of methoxy groups -OCH3 is 1. The summed E-state index contributed by atoms with van der Waals surface area (Å²) in [5.74, 6) is 1.07. The van der Waals surface area contributed by atoms with Gasteiger partial charge >= 0.3 is 0 Å². The molecule has 2 fully saturated rings. The molecule has 3 unspecified atom stereocenters. The van der Waals surface area contributed by atoms with Gasteiger partial charge in [0.2, 0.25) is 0 Å². The van der Waals surface area contributed by atoms with Crippen molar-refractivity contribution < 1.29 is 14.6 Å². The summed E-state index contributed by atoms with van der Waals surface area (Å²) in [6.45, 7) is 2.92. The van der Waals surface area contributed by atoms with Gasteiger partial charge in [0.05, 0.1) is 19.3 Å². The highest BCUT2D eigenvalue weighted by atomic mass is 16.5. The average molecular weight is 229 g/mol. The van der Waals surface area contributed by atoms with Crippen molar-refractivity contribution in [2.45, 2.75) is 31.4 Å². The molecule has 1 saturated carbocycles. The molecule has 16 heavy (non-hydrogen) atoms. The molecule has 3 atom stereocenters. The van der Waals surface area contributed by atoms with Crippen molar-refractivity contribution in [3.63, 3.8) is 0 Å². The van der Waals surface area contributed by atoms with E-state index in [4.69, 9.17) is 9.47 Å². The zero-order chi connectivity index (χ0) is 11.4. The lowest BCUT2D eigenvalue weighted by Gasteiger charge is -2.22. The van der Waals surface area contributed by atoms with E-state index in [1.165, 1.54) is 12.8 Å². The molecule has 0 aromatic heterocycles. The summed E-state index contributed by atoms with van der Waals surface area (Å²) < 4.78 is 10.5. The lowest BCUT2D eigenvalue weighted by Crippen LogP contribution is -2.42. The molecule has 2 N–H and O–H groups in total. The smallest absolute Gasteiger partial charge is 0.0715 e. The van der Waals surface area contributed by atoms with Crippen LogP contribution in [0.25, 0.3) is 0 Å². The molecule has 0 aromatic rings. The van der Waals surface area contributed by atoms with Gasteiger partial charge in [-0.3, -0.25) is 0 Å². The van der Waals surface area contributed by atoms with Gasteiger partial charge in [0, 0.05) is 32.2 Å². The number of rotatable bonds is 7. The van der Waals surface area contributed by atoms with Gasteiger partial charge in [0.1, 0.15) is 0 Å². The number of hydrogen-bond acceptors (Lipinski definition) is 4. The Kier molecular flexibility index (Phi) is 4.58. The van der Waals surface area contributed by atoms with E-state index in [1.54, 1.807) is 7.11 Å². The van der Waals surface area contributed by atoms with Gasteiger partial charge in [-0.1, -0.05) is 0 Å². The first-order chi connectivity index (χ1) is 7.81. The third-order valence-electron chi connectivity index (χ3n) is 3.64. The summed E-state index contributed by atoms with van der Waals surface area (Å²) >= 11 is 0. The predicted octanol–water partition coefficient (Wildman–Crippen LogP) is 0.398. The van der Waals surface area contributed by atoms with E-state index < -0.39 is 0 Å². The van der Waals surface area contributed by atoms with E-state index in [9.17, 15) is 5.11 Å². The highest BCUT2D eigenvalue weighted by Crippen LogP contribution is 2.32. The molecule has 2 aliphatic rings. The zero-order valence-electron chi connectivity index (χ0n) is 10.0.